The number of nitrogens with one attached hydrogen (secondary N) is 1. The molecule has 0 saturated heterocycles. The molecule has 0 aliphatic carbocycles. The minimum Gasteiger partial charge on any atom is -0.481 e. The quantitative estimate of drug-likeness (QED) is 0.805. The molecule has 4 heteroatoms. The normalized spacial score (nSPS) is 14.0. The minimum absolute atomic E-state index is 0.0427. The largest absolute Gasteiger partial charge is 0.481 e. The molecule has 0 aromatic heterocycles. The van der Waals surface area contributed by atoms with E-state index < -0.39 is 6.10 Å². The molecule has 0 radical (unpaired) electrons. The maximum atomic E-state index is 11.3. The van der Waals surface area contributed by atoms with Crippen LogP contribution < -0.4 is 15.8 Å². The molecule has 4 nitrogen and oxygen atoms in total. The van der Waals surface area contributed by atoms with Crippen molar-refractivity contribution in [1.82, 2.24) is 5.32 Å². The molecule has 1 amide bonds. The Labute approximate surface area is 95.8 Å². The van der Waals surface area contributed by atoms with Crippen LogP contribution in [0.15, 0.2) is 24.3 Å². The van der Waals surface area contributed by atoms with Crippen LogP contribution in [0.5, 0.6) is 5.75 Å². The monoisotopic (exact) mass is 222 g/mol. The summed E-state index contributed by atoms with van der Waals surface area (Å²) in [4.78, 5) is 11.3. The molecule has 0 aliphatic heterocycles. The van der Waals surface area contributed by atoms with Crippen LogP contribution in [0, 0.1) is 0 Å². The number of carbonyl (C=O) groups excluding carboxylic acids is 1. The Balaban J connectivity index is 2.74. The van der Waals surface area contributed by atoms with Crippen molar-refractivity contribution in [2.75, 3.05) is 7.05 Å². The molecule has 0 heterocycles. The molecular formula is C12H18N2O2. The van der Waals surface area contributed by atoms with Crippen LogP contribution in [0.1, 0.15) is 25.5 Å². The van der Waals surface area contributed by atoms with Gasteiger partial charge in [-0.1, -0.05) is 12.1 Å². The predicted molar refractivity (Wildman–Crippen MR) is 63.2 cm³/mol. The van der Waals surface area contributed by atoms with Crippen molar-refractivity contribution < 1.29 is 9.53 Å². The smallest absolute Gasteiger partial charge is 0.260 e. The average molecular weight is 222 g/mol. The lowest BCUT2D eigenvalue weighted by atomic mass is 10.1. The van der Waals surface area contributed by atoms with E-state index >= 15 is 0 Å². The zero-order chi connectivity index (χ0) is 12.1. The van der Waals surface area contributed by atoms with E-state index in [9.17, 15) is 4.79 Å². The van der Waals surface area contributed by atoms with Gasteiger partial charge in [0.15, 0.2) is 6.10 Å². The Morgan fingerprint density at radius 1 is 1.44 bits per heavy atom. The fraction of sp³-hybridized carbons (Fsp3) is 0.417. The predicted octanol–water partition coefficient (Wildman–Crippen LogP) is 1.22. The molecule has 0 saturated carbocycles. The van der Waals surface area contributed by atoms with Gasteiger partial charge in [0.05, 0.1) is 0 Å². The Bertz CT molecular complexity index is 364. The first-order chi connectivity index (χ1) is 7.54. The summed E-state index contributed by atoms with van der Waals surface area (Å²) in [5.74, 6) is 0.511. The van der Waals surface area contributed by atoms with E-state index in [1.165, 1.54) is 0 Å². The lowest BCUT2D eigenvalue weighted by Gasteiger charge is -2.14. The molecule has 16 heavy (non-hydrogen) atoms. The second kappa shape index (κ2) is 5.51. The van der Waals surface area contributed by atoms with Gasteiger partial charge in [0.25, 0.3) is 5.91 Å². The lowest BCUT2D eigenvalue weighted by molar-refractivity contribution is -0.126. The summed E-state index contributed by atoms with van der Waals surface area (Å²) < 4.78 is 5.49. The molecule has 0 fully saturated rings. The summed E-state index contributed by atoms with van der Waals surface area (Å²) in [7, 11) is 1.58. The van der Waals surface area contributed by atoms with E-state index in [1.807, 2.05) is 31.2 Å². The summed E-state index contributed by atoms with van der Waals surface area (Å²) >= 11 is 0. The summed E-state index contributed by atoms with van der Waals surface area (Å²) in [6.45, 7) is 3.61. The summed E-state index contributed by atoms with van der Waals surface area (Å²) in [6, 6.07) is 7.42. The van der Waals surface area contributed by atoms with Crippen LogP contribution in [0.4, 0.5) is 0 Å². The molecule has 1 aromatic carbocycles. The van der Waals surface area contributed by atoms with E-state index in [1.54, 1.807) is 14.0 Å². The first-order valence-electron chi connectivity index (χ1n) is 5.28. The second-order valence-electron chi connectivity index (χ2n) is 3.74. The first-order valence-corrected chi connectivity index (χ1v) is 5.28. The molecule has 3 N–H and O–H groups in total. The number of benzene rings is 1. The van der Waals surface area contributed by atoms with E-state index in [0.717, 1.165) is 5.56 Å². The van der Waals surface area contributed by atoms with Gasteiger partial charge in [-0.25, -0.2) is 0 Å². The van der Waals surface area contributed by atoms with Gasteiger partial charge in [0.2, 0.25) is 0 Å². The molecule has 1 unspecified atom stereocenters. The third kappa shape index (κ3) is 3.24. The third-order valence-electron chi connectivity index (χ3n) is 2.31. The number of nitrogens with two attached hydrogens (primary N) is 1. The van der Waals surface area contributed by atoms with Gasteiger partial charge in [0.1, 0.15) is 5.75 Å². The number of likely N-dealkylation sites (N-methyl/N-ethyl adjacent to an activating group) is 1. The van der Waals surface area contributed by atoms with Crippen molar-refractivity contribution >= 4 is 5.91 Å². The summed E-state index contributed by atoms with van der Waals surface area (Å²) in [5, 5.41) is 2.53. The van der Waals surface area contributed by atoms with Gasteiger partial charge in [-0.15, -0.1) is 0 Å². The number of rotatable bonds is 4. The molecule has 2 atom stereocenters. The topological polar surface area (TPSA) is 64.3 Å². The van der Waals surface area contributed by atoms with Crippen molar-refractivity contribution in [2.45, 2.75) is 26.0 Å². The van der Waals surface area contributed by atoms with Crippen LogP contribution >= 0.6 is 0 Å². The highest BCUT2D eigenvalue weighted by Gasteiger charge is 2.12. The van der Waals surface area contributed by atoms with Gasteiger partial charge < -0.3 is 15.8 Å². The number of carbonyl (C=O) groups is 1. The fourth-order valence-electron chi connectivity index (χ4n) is 1.33. The van der Waals surface area contributed by atoms with Crippen LogP contribution in [-0.4, -0.2) is 19.1 Å². The summed E-state index contributed by atoms with van der Waals surface area (Å²) in [6.07, 6.45) is -0.506. The van der Waals surface area contributed by atoms with Gasteiger partial charge >= 0.3 is 0 Å². The van der Waals surface area contributed by atoms with Crippen molar-refractivity contribution in [3.63, 3.8) is 0 Å². The van der Waals surface area contributed by atoms with Crippen molar-refractivity contribution in [1.29, 1.82) is 0 Å². The number of ether oxygens (including phenoxy) is 1. The molecule has 1 rings (SSSR count). The number of hydrogen-bond donors (Lipinski definition) is 2. The van der Waals surface area contributed by atoms with E-state index in [2.05, 4.69) is 5.32 Å². The Hall–Kier alpha value is -1.55. The zero-order valence-electron chi connectivity index (χ0n) is 9.86. The van der Waals surface area contributed by atoms with E-state index in [4.69, 9.17) is 10.5 Å². The highest BCUT2D eigenvalue weighted by molar-refractivity contribution is 5.80. The summed E-state index contributed by atoms with van der Waals surface area (Å²) in [5.41, 5.74) is 6.75. The average Bonchev–Trinajstić information content (AvgIpc) is 2.28. The Morgan fingerprint density at radius 2 is 2.12 bits per heavy atom. The molecule has 0 spiro atoms. The van der Waals surface area contributed by atoms with Crippen LogP contribution in [0.25, 0.3) is 0 Å². The van der Waals surface area contributed by atoms with Gasteiger partial charge in [0, 0.05) is 13.1 Å². The maximum absolute atomic E-state index is 11.3. The molecular weight excluding hydrogens is 204 g/mol. The Kier molecular flexibility index (Phi) is 4.31. The highest BCUT2D eigenvalue weighted by Crippen LogP contribution is 2.18. The zero-order valence-corrected chi connectivity index (χ0v) is 9.86. The molecule has 88 valence electrons. The van der Waals surface area contributed by atoms with Gasteiger partial charge in [-0.05, 0) is 31.5 Å². The first kappa shape index (κ1) is 12.5. The maximum Gasteiger partial charge on any atom is 0.260 e. The minimum atomic E-state index is -0.506. The second-order valence-corrected chi connectivity index (χ2v) is 3.74. The molecule has 0 bridgehead atoms. The van der Waals surface area contributed by atoms with Crippen LogP contribution in [0.2, 0.25) is 0 Å². The SMILES string of the molecule is CNC(=O)C(C)Oc1cccc([C@H](C)N)c1. The third-order valence-corrected chi connectivity index (χ3v) is 2.31. The van der Waals surface area contributed by atoms with E-state index in [0.29, 0.717) is 5.75 Å². The number of amides is 1. The fourth-order valence-corrected chi connectivity index (χ4v) is 1.33. The van der Waals surface area contributed by atoms with Crippen LogP contribution in [0.3, 0.4) is 0 Å². The lowest BCUT2D eigenvalue weighted by Crippen LogP contribution is -2.33. The molecule has 1 aromatic rings. The van der Waals surface area contributed by atoms with Crippen molar-refractivity contribution in [3.8, 4) is 5.75 Å². The van der Waals surface area contributed by atoms with Gasteiger partial charge in [-0.2, -0.15) is 0 Å². The van der Waals surface area contributed by atoms with E-state index in [-0.39, 0.29) is 11.9 Å². The number of hydrogen-bond acceptors (Lipinski definition) is 3. The van der Waals surface area contributed by atoms with Crippen LogP contribution in [-0.2, 0) is 4.79 Å². The van der Waals surface area contributed by atoms with Crippen molar-refractivity contribution in [2.24, 2.45) is 5.73 Å². The highest BCUT2D eigenvalue weighted by atomic mass is 16.5. The molecule has 0 aliphatic rings. The van der Waals surface area contributed by atoms with Crippen molar-refractivity contribution in [3.05, 3.63) is 29.8 Å². The Morgan fingerprint density at radius 3 is 2.69 bits per heavy atom. The standard InChI is InChI=1S/C12H18N2O2/c1-8(13)10-5-4-6-11(7-10)16-9(2)12(15)14-3/h4-9H,13H2,1-3H3,(H,14,15)/t8-,9?/m0/s1. The van der Waals surface area contributed by atoms with Gasteiger partial charge in [-0.3, -0.25) is 4.79 Å².